The molecule has 168 valence electrons. The highest BCUT2D eigenvalue weighted by Crippen LogP contribution is 2.29. The number of allylic oxidation sites excluding steroid dienone is 2. The first-order valence-corrected chi connectivity index (χ1v) is 11.5. The molecular formula is C23H37FN4O2. The first-order chi connectivity index (χ1) is 14.4. The van der Waals surface area contributed by atoms with Gasteiger partial charge in [0.25, 0.3) is 0 Å². The zero-order valence-electron chi connectivity index (χ0n) is 18.9. The Morgan fingerprint density at radius 2 is 2.10 bits per heavy atom. The number of hydrogen-bond acceptors (Lipinski definition) is 4. The summed E-state index contributed by atoms with van der Waals surface area (Å²) < 4.78 is 23.3. The van der Waals surface area contributed by atoms with E-state index in [9.17, 15) is 9.18 Å². The van der Waals surface area contributed by atoms with Crippen molar-refractivity contribution < 1.29 is 9.13 Å². The number of likely N-dealkylation sites (tertiary alicyclic amines) is 1. The first-order valence-electron chi connectivity index (χ1n) is 11.5. The van der Waals surface area contributed by atoms with Crippen LogP contribution in [0.5, 0.6) is 0 Å². The Hall–Kier alpha value is -1.73. The number of aryl methyl sites for hydroxylation is 2. The third kappa shape index (κ3) is 5.30. The third-order valence-electron chi connectivity index (χ3n) is 6.54. The van der Waals surface area contributed by atoms with Gasteiger partial charge in [0.05, 0.1) is 12.7 Å². The van der Waals surface area contributed by atoms with E-state index in [4.69, 9.17) is 4.74 Å². The van der Waals surface area contributed by atoms with E-state index >= 15 is 0 Å². The number of rotatable bonds is 9. The summed E-state index contributed by atoms with van der Waals surface area (Å²) in [6, 6.07) is 0.892. The monoisotopic (exact) mass is 420 g/mol. The van der Waals surface area contributed by atoms with E-state index < -0.39 is 0 Å². The second-order valence-electron chi connectivity index (χ2n) is 8.59. The Morgan fingerprint density at radius 3 is 2.80 bits per heavy atom. The quantitative estimate of drug-likeness (QED) is 0.610. The summed E-state index contributed by atoms with van der Waals surface area (Å²) in [5, 5.41) is 4.40. The molecule has 30 heavy (non-hydrogen) atoms. The fourth-order valence-electron chi connectivity index (χ4n) is 4.85. The Labute approximate surface area is 179 Å². The van der Waals surface area contributed by atoms with Gasteiger partial charge in [-0.25, -0.2) is 13.9 Å². The van der Waals surface area contributed by atoms with E-state index in [2.05, 4.69) is 23.8 Å². The molecular weight excluding hydrogens is 383 g/mol. The van der Waals surface area contributed by atoms with E-state index in [0.717, 1.165) is 50.9 Å². The van der Waals surface area contributed by atoms with Gasteiger partial charge in [0.2, 0.25) is 0 Å². The van der Waals surface area contributed by atoms with Crippen LogP contribution in [-0.2, 0) is 24.8 Å². The van der Waals surface area contributed by atoms with Crippen LogP contribution >= 0.6 is 0 Å². The predicted octanol–water partition coefficient (Wildman–Crippen LogP) is 3.76. The smallest absolute Gasteiger partial charge is 0.345 e. The SMILES string of the molecule is CCC1CC(OCC2=C(F)CCC=C2)CC(C)N1CCCc1nn(C)c(=O)n1CC. The van der Waals surface area contributed by atoms with Gasteiger partial charge in [-0.15, -0.1) is 0 Å². The molecule has 1 aliphatic heterocycles. The van der Waals surface area contributed by atoms with E-state index in [0.29, 0.717) is 37.2 Å². The average molecular weight is 421 g/mol. The second-order valence-corrected chi connectivity index (χ2v) is 8.59. The molecule has 3 unspecified atom stereocenters. The maximum Gasteiger partial charge on any atom is 0.345 e. The lowest BCUT2D eigenvalue weighted by molar-refractivity contribution is -0.0317. The summed E-state index contributed by atoms with van der Waals surface area (Å²) in [4.78, 5) is 14.7. The number of ether oxygens (including phenoxy) is 1. The predicted molar refractivity (Wildman–Crippen MR) is 117 cm³/mol. The summed E-state index contributed by atoms with van der Waals surface area (Å²) in [6.45, 7) is 8.50. The molecule has 6 nitrogen and oxygen atoms in total. The van der Waals surface area contributed by atoms with E-state index in [1.807, 2.05) is 19.1 Å². The van der Waals surface area contributed by atoms with Crippen LogP contribution in [0.15, 0.2) is 28.3 Å². The molecule has 1 saturated heterocycles. The van der Waals surface area contributed by atoms with Crippen molar-refractivity contribution in [2.24, 2.45) is 7.05 Å². The largest absolute Gasteiger partial charge is 0.373 e. The number of aromatic nitrogens is 3. The van der Waals surface area contributed by atoms with Gasteiger partial charge < -0.3 is 4.74 Å². The average Bonchev–Trinajstić information content (AvgIpc) is 3.01. The van der Waals surface area contributed by atoms with Crippen molar-refractivity contribution in [1.29, 1.82) is 0 Å². The summed E-state index contributed by atoms with van der Waals surface area (Å²) in [7, 11) is 1.71. The van der Waals surface area contributed by atoms with E-state index in [1.54, 1.807) is 11.6 Å². The molecule has 1 aromatic rings. The minimum Gasteiger partial charge on any atom is -0.373 e. The van der Waals surface area contributed by atoms with Crippen LogP contribution in [0.4, 0.5) is 4.39 Å². The number of halogens is 1. The molecule has 2 aliphatic rings. The molecule has 2 heterocycles. The second kappa shape index (κ2) is 10.5. The third-order valence-corrected chi connectivity index (χ3v) is 6.54. The Kier molecular flexibility index (Phi) is 8.06. The summed E-state index contributed by atoms with van der Waals surface area (Å²) >= 11 is 0. The van der Waals surface area contributed by atoms with Crippen LogP contribution in [0, 0.1) is 0 Å². The standard InChI is InChI=1S/C23H37FN4O2/c1-5-19-15-20(30-16-18-10-7-8-11-21(18)24)14-17(3)28(19)13-9-12-22-25-26(4)23(29)27(22)6-2/h7,10,17,19-20H,5-6,8-9,11-16H2,1-4H3. The lowest BCUT2D eigenvalue weighted by Crippen LogP contribution is -2.50. The molecule has 1 aromatic heterocycles. The van der Waals surface area contributed by atoms with Gasteiger partial charge in [0.1, 0.15) is 11.7 Å². The van der Waals surface area contributed by atoms with Crippen molar-refractivity contribution in [3.05, 3.63) is 39.9 Å². The Morgan fingerprint density at radius 1 is 1.30 bits per heavy atom. The topological polar surface area (TPSA) is 52.3 Å². The van der Waals surface area contributed by atoms with Crippen LogP contribution in [0.1, 0.15) is 65.1 Å². The maximum absolute atomic E-state index is 14.0. The molecule has 0 saturated carbocycles. The van der Waals surface area contributed by atoms with Crippen molar-refractivity contribution in [2.75, 3.05) is 13.2 Å². The van der Waals surface area contributed by atoms with Gasteiger partial charge in [-0.05, 0) is 52.5 Å². The van der Waals surface area contributed by atoms with Crippen LogP contribution in [0.2, 0.25) is 0 Å². The van der Waals surface area contributed by atoms with Crippen LogP contribution in [0.3, 0.4) is 0 Å². The normalized spacial score (nSPS) is 25.3. The maximum atomic E-state index is 14.0. The van der Waals surface area contributed by atoms with Crippen LogP contribution in [-0.4, -0.2) is 50.6 Å². The number of hydrogen-bond donors (Lipinski definition) is 0. The highest BCUT2D eigenvalue weighted by Gasteiger charge is 2.32. The molecule has 1 aliphatic carbocycles. The lowest BCUT2D eigenvalue weighted by Gasteiger charge is -2.44. The molecule has 0 radical (unpaired) electrons. The highest BCUT2D eigenvalue weighted by atomic mass is 19.1. The van der Waals surface area contributed by atoms with Gasteiger partial charge in [0.15, 0.2) is 0 Å². The Bertz CT molecular complexity index is 826. The van der Waals surface area contributed by atoms with Gasteiger partial charge in [0, 0.05) is 44.1 Å². The molecule has 3 atom stereocenters. The summed E-state index contributed by atoms with van der Waals surface area (Å²) in [6.07, 6.45) is 10.2. The molecule has 3 rings (SSSR count). The van der Waals surface area contributed by atoms with Crippen LogP contribution < -0.4 is 5.69 Å². The van der Waals surface area contributed by atoms with Crippen molar-refractivity contribution in [3.8, 4) is 0 Å². The molecule has 0 spiro atoms. The van der Waals surface area contributed by atoms with Crippen molar-refractivity contribution in [3.63, 3.8) is 0 Å². The highest BCUT2D eigenvalue weighted by molar-refractivity contribution is 5.26. The van der Waals surface area contributed by atoms with E-state index in [1.165, 1.54) is 4.68 Å². The zero-order valence-corrected chi connectivity index (χ0v) is 18.9. The molecule has 0 aromatic carbocycles. The number of piperidine rings is 1. The summed E-state index contributed by atoms with van der Waals surface area (Å²) in [5.41, 5.74) is 0.673. The minimum atomic E-state index is -0.0374. The van der Waals surface area contributed by atoms with Crippen molar-refractivity contribution in [1.82, 2.24) is 19.2 Å². The van der Waals surface area contributed by atoms with E-state index in [-0.39, 0.29) is 17.6 Å². The zero-order chi connectivity index (χ0) is 21.7. The first kappa shape index (κ1) is 22.9. The Balaban J connectivity index is 1.52. The molecule has 0 amide bonds. The van der Waals surface area contributed by atoms with Gasteiger partial charge in [-0.3, -0.25) is 9.47 Å². The number of nitrogens with zero attached hydrogens (tertiary/aromatic N) is 4. The van der Waals surface area contributed by atoms with Gasteiger partial charge in [-0.2, -0.15) is 5.10 Å². The van der Waals surface area contributed by atoms with Gasteiger partial charge >= 0.3 is 5.69 Å². The van der Waals surface area contributed by atoms with Crippen LogP contribution in [0.25, 0.3) is 0 Å². The lowest BCUT2D eigenvalue weighted by atomic mass is 9.91. The summed E-state index contributed by atoms with van der Waals surface area (Å²) in [5.74, 6) is 0.856. The fraction of sp³-hybridized carbons (Fsp3) is 0.739. The fourth-order valence-corrected chi connectivity index (χ4v) is 4.85. The molecule has 0 bridgehead atoms. The molecule has 0 N–H and O–H groups in total. The van der Waals surface area contributed by atoms with Crippen molar-refractivity contribution >= 4 is 0 Å². The van der Waals surface area contributed by atoms with Crippen molar-refractivity contribution in [2.45, 2.75) is 90.4 Å². The molecule has 7 heteroatoms. The van der Waals surface area contributed by atoms with Gasteiger partial charge in [-0.1, -0.05) is 19.1 Å². The molecule has 1 fully saturated rings. The minimum absolute atomic E-state index is 0.0184.